The predicted molar refractivity (Wildman–Crippen MR) is 462 cm³/mol. The van der Waals surface area contributed by atoms with Gasteiger partial charge in [0, 0.05) is 141 Å². The van der Waals surface area contributed by atoms with E-state index in [2.05, 4.69) is 161 Å². The molecule has 0 aliphatic heterocycles. The molecule has 12 rings (SSSR count). The molecule has 2 saturated carbocycles. The number of sulfonamides is 2. The van der Waals surface area contributed by atoms with Crippen molar-refractivity contribution in [1.82, 2.24) is 53.4 Å². The number of imidazole rings is 2. The number of anilines is 6. The lowest BCUT2D eigenvalue weighted by Gasteiger charge is -2.29. The van der Waals surface area contributed by atoms with Gasteiger partial charge in [-0.15, -0.1) is 23.2 Å². The van der Waals surface area contributed by atoms with Crippen LogP contribution in [0, 0.1) is 0 Å². The fourth-order valence-corrected chi connectivity index (χ4v) is 16.6. The minimum Gasteiger partial charge on any atom is -0.377 e. The maximum absolute atomic E-state index is 13.6. The Labute approximate surface area is 684 Å². The van der Waals surface area contributed by atoms with Crippen LogP contribution in [0.1, 0.15) is 123 Å². The Morgan fingerprint density at radius 1 is 0.482 bits per heavy atom. The molecule has 0 amide bonds. The number of halogens is 6. The number of alkyl halides is 2. The van der Waals surface area contributed by atoms with Gasteiger partial charge in [-0.2, -0.15) is 19.9 Å². The van der Waals surface area contributed by atoms with Crippen molar-refractivity contribution in [3.8, 4) is 0 Å². The lowest BCUT2D eigenvalue weighted by atomic mass is 9.92. The zero-order valence-corrected chi connectivity index (χ0v) is 73.6. The fraction of sp³-hybridized carbons (Fsp3) is 0.440. The van der Waals surface area contributed by atoms with Gasteiger partial charge in [0.25, 0.3) is 9.05 Å². The highest BCUT2D eigenvalue weighted by atomic mass is 79.9. The SMILES string of the molecule is CC(C)n1cnc2c(NCc3ccc(Br)cc3)nc(NC3CCC(NS(=O)(=O)c4cccc5c(N(C)C)cccc45)CC3)nc21.CC(C)n1cnc2c(NCc3ccc(Br)cc3)nc(NC3CCC(NS(C)(=O)=O)CC3)nc21.CCN(CC)CC.CN(C)c1cccc2c(S(=O)(=O)Cl)cccc12.CS(=O)(=O)Cl.ClCCl. The average Bonchev–Trinajstić information content (AvgIpc) is 1.01. The molecule has 600 valence electrons. The number of benzene rings is 6. The first-order valence-electron chi connectivity index (χ1n) is 36.0. The highest BCUT2D eigenvalue weighted by Crippen LogP contribution is 2.35. The molecule has 0 atom stereocenters. The summed E-state index contributed by atoms with van der Waals surface area (Å²) in [5, 5.41) is 17.3. The molecule has 2 aliphatic rings. The second-order valence-corrected chi connectivity index (χ2v) is 39.1. The molecule has 4 aromatic heterocycles. The van der Waals surface area contributed by atoms with Crippen LogP contribution < -0.4 is 40.5 Å². The second-order valence-electron chi connectivity index (χ2n) is 27.4. The Bertz CT molecular complexity index is 5100. The number of aromatic nitrogens is 8. The van der Waals surface area contributed by atoms with Gasteiger partial charge in [-0.1, -0.05) is 125 Å². The highest BCUT2D eigenvalue weighted by molar-refractivity contribution is 9.10. The van der Waals surface area contributed by atoms with Crippen molar-refractivity contribution in [2.24, 2.45) is 0 Å². The van der Waals surface area contributed by atoms with Crippen LogP contribution in [0.25, 0.3) is 43.9 Å². The van der Waals surface area contributed by atoms with Crippen LogP contribution in [-0.2, 0) is 51.2 Å². The molecular weight excluding hydrogens is 1700 g/mol. The van der Waals surface area contributed by atoms with Gasteiger partial charge in [-0.05, 0) is 158 Å². The van der Waals surface area contributed by atoms with E-state index >= 15 is 0 Å². The smallest absolute Gasteiger partial charge is 0.261 e. The first kappa shape index (κ1) is 90.7. The number of nitrogens with zero attached hydrogens (tertiary/aromatic N) is 11. The quantitative estimate of drug-likeness (QED) is 0.0256. The fourth-order valence-electron chi connectivity index (χ4n) is 12.6. The molecule has 110 heavy (non-hydrogen) atoms. The standard InChI is InChI=1S/C33H39BrN8O2S.C22H30BrN7O2S.C12H12ClNO2S.C6H15N.CH2Cl2.CH3ClO2S/c1-21(2)42-20-36-30-31(35-19-22-11-13-23(34)14-12-22)38-33(39-32(30)42)37-24-15-17-25(18-16-24)40-45(43,44)29-10-6-7-26-27(29)8-5-9-28(26)41(3)4;1-14(2)30-13-25-19-20(24-12-15-4-6-16(23)7-5-15)27-22(28-21(19)30)26-17-8-10-18(11-9-17)29-33(3,31)32;1-14(2)11-7-3-6-10-9(11)5-4-8-12(10)17(13,15)16;1-4-7(5-2)6-3;2-1-3;1-5(2,3)4/h5-14,20-21,24-25,40H,15-19H2,1-4H3,(H2,35,37,38,39);4-7,13-14,17-18,29H,8-12H2,1-3H3,(H2,24,26,27,28);3-8H,1-2H3;4-6H2,1-3H3;1H2;1H3. The predicted octanol–water partition coefficient (Wildman–Crippen LogP) is 16.5. The Balaban J connectivity index is 0.000000224. The van der Waals surface area contributed by atoms with E-state index in [9.17, 15) is 33.7 Å². The van der Waals surface area contributed by atoms with E-state index in [0.29, 0.717) is 59.7 Å². The molecule has 0 unspecified atom stereocenters. The van der Waals surface area contributed by atoms with E-state index in [1.807, 2.05) is 126 Å². The summed E-state index contributed by atoms with van der Waals surface area (Å²) in [4.78, 5) is 35.2. The molecule has 2 aliphatic carbocycles. The molecule has 35 heteroatoms. The Hall–Kier alpha value is -6.46. The largest absolute Gasteiger partial charge is 0.377 e. The van der Waals surface area contributed by atoms with Crippen molar-refractivity contribution < 1.29 is 33.7 Å². The van der Waals surface area contributed by atoms with Crippen LogP contribution in [0.3, 0.4) is 0 Å². The second kappa shape index (κ2) is 42.1. The van der Waals surface area contributed by atoms with Crippen LogP contribution in [0.4, 0.5) is 34.9 Å². The molecule has 10 aromatic rings. The molecule has 6 aromatic carbocycles. The Morgan fingerprint density at radius 3 is 1.15 bits per heavy atom. The maximum Gasteiger partial charge on any atom is 0.261 e. The first-order valence-corrected chi connectivity index (χ1v) is 47.0. The zero-order chi connectivity index (χ0) is 80.8. The Kier molecular flexibility index (Phi) is 34.7. The van der Waals surface area contributed by atoms with E-state index < -0.39 is 38.1 Å². The summed E-state index contributed by atoms with van der Waals surface area (Å²) in [6.45, 7) is 19.8. The van der Waals surface area contributed by atoms with Crippen LogP contribution in [0.2, 0.25) is 0 Å². The number of fused-ring (bicyclic) bond motifs is 4. The number of rotatable bonds is 23. The van der Waals surface area contributed by atoms with Gasteiger partial charge in [0.05, 0.1) is 40.3 Å². The van der Waals surface area contributed by atoms with Crippen LogP contribution in [-0.4, -0.2) is 167 Å². The average molecular weight is 1800 g/mol. The number of hydrogen-bond acceptors (Lipinski definition) is 21. The third-order valence-electron chi connectivity index (χ3n) is 18.1. The molecule has 25 nitrogen and oxygen atoms in total. The van der Waals surface area contributed by atoms with Crippen molar-refractivity contribution in [3.05, 3.63) is 154 Å². The lowest BCUT2D eigenvalue weighted by Crippen LogP contribution is -2.40. The molecule has 0 radical (unpaired) electrons. The van der Waals surface area contributed by atoms with Gasteiger partial charge in [0.15, 0.2) is 34.0 Å². The van der Waals surface area contributed by atoms with Crippen molar-refractivity contribution in [3.63, 3.8) is 0 Å². The molecule has 0 spiro atoms. The van der Waals surface area contributed by atoms with Crippen molar-refractivity contribution in [1.29, 1.82) is 0 Å². The minimum absolute atomic E-state index is 0.00745. The molecule has 0 saturated heterocycles. The van der Waals surface area contributed by atoms with Gasteiger partial charge in [-0.3, -0.25) is 0 Å². The maximum atomic E-state index is 13.6. The van der Waals surface area contributed by atoms with Gasteiger partial charge < -0.3 is 45.1 Å². The molecule has 6 N–H and O–H groups in total. The lowest BCUT2D eigenvalue weighted by molar-refractivity contribution is 0.321. The molecule has 2 fully saturated rings. The number of nitrogens with one attached hydrogen (secondary N) is 6. The van der Waals surface area contributed by atoms with E-state index in [0.717, 1.165) is 115 Å². The zero-order valence-electron chi connectivity index (χ0n) is 64.2. The van der Waals surface area contributed by atoms with Crippen molar-refractivity contribution in [2.45, 2.75) is 159 Å². The molecular formula is C75H101Br2Cl4N17O8S4. The summed E-state index contributed by atoms with van der Waals surface area (Å²) in [5.41, 5.74) is 7.25. The summed E-state index contributed by atoms with van der Waals surface area (Å²) in [6, 6.07) is 38.8. The highest BCUT2D eigenvalue weighted by Gasteiger charge is 2.29. The monoisotopic (exact) mass is 1790 g/mol. The first-order chi connectivity index (χ1) is 51.9. The number of hydrogen-bond donors (Lipinski definition) is 6. The summed E-state index contributed by atoms with van der Waals surface area (Å²) < 4.78 is 104. The third-order valence-corrected chi connectivity index (χ3v) is 22.9. The van der Waals surface area contributed by atoms with Crippen LogP contribution in [0.5, 0.6) is 0 Å². The van der Waals surface area contributed by atoms with E-state index in [1.165, 1.54) is 32.0 Å². The van der Waals surface area contributed by atoms with Crippen molar-refractivity contribution >= 4 is 193 Å². The molecule has 0 bridgehead atoms. The van der Waals surface area contributed by atoms with Gasteiger partial charge >= 0.3 is 0 Å². The van der Waals surface area contributed by atoms with E-state index in [1.54, 1.807) is 24.5 Å². The summed E-state index contributed by atoms with van der Waals surface area (Å²) in [7, 11) is 3.88. The van der Waals surface area contributed by atoms with Crippen LogP contribution in [0.15, 0.2) is 153 Å². The van der Waals surface area contributed by atoms with Gasteiger partial charge in [0.2, 0.25) is 41.0 Å². The third kappa shape index (κ3) is 27.4. The van der Waals surface area contributed by atoms with E-state index in [-0.39, 0.29) is 46.5 Å². The summed E-state index contributed by atoms with van der Waals surface area (Å²) in [5.74, 6) is 2.47. The van der Waals surface area contributed by atoms with E-state index in [4.69, 9.17) is 53.8 Å². The van der Waals surface area contributed by atoms with Gasteiger partial charge in [0.1, 0.15) is 0 Å². The topological polar surface area (TPSA) is 306 Å². The molecule has 4 heterocycles. The van der Waals surface area contributed by atoms with Crippen molar-refractivity contribution in [2.75, 3.05) is 96.7 Å². The van der Waals surface area contributed by atoms with Crippen LogP contribution >= 0.6 is 76.4 Å². The summed E-state index contributed by atoms with van der Waals surface area (Å²) in [6.07, 6.45) is 12.0. The van der Waals surface area contributed by atoms with Gasteiger partial charge in [-0.25, -0.2) is 53.1 Å². The minimum atomic E-state index is -3.72. The summed E-state index contributed by atoms with van der Waals surface area (Å²) >= 11 is 16.5. The normalized spacial score (nSPS) is 15.9. The Morgan fingerprint density at radius 2 is 0.818 bits per heavy atom.